The topological polar surface area (TPSA) is 20.2 Å². The lowest BCUT2D eigenvalue weighted by Crippen LogP contribution is -1.87. The molecule has 0 heterocycles. The first-order valence-corrected chi connectivity index (χ1v) is 6.38. The molecule has 2 rings (SSSR count). The van der Waals surface area contributed by atoms with Crippen molar-refractivity contribution in [3.63, 3.8) is 0 Å². The normalized spacial score (nSPS) is 10.5. The zero-order valence-electron chi connectivity index (χ0n) is 8.86. The van der Waals surface area contributed by atoms with Gasteiger partial charge in [-0.25, -0.2) is 4.39 Å². The molecule has 0 unspecified atom stereocenters. The minimum absolute atomic E-state index is 0.215. The highest BCUT2D eigenvalue weighted by Gasteiger charge is 2.05. The fourth-order valence-electron chi connectivity index (χ4n) is 1.37. The van der Waals surface area contributed by atoms with Crippen LogP contribution in [-0.2, 0) is 5.75 Å². The van der Waals surface area contributed by atoms with Gasteiger partial charge in [-0.15, -0.1) is 11.8 Å². The first-order valence-electron chi connectivity index (χ1n) is 5.01. The van der Waals surface area contributed by atoms with Gasteiger partial charge in [0.05, 0.1) is 0 Å². The summed E-state index contributed by atoms with van der Waals surface area (Å²) in [4.78, 5) is 0.738. The molecule has 2 aromatic carbocycles. The molecule has 0 aromatic heterocycles. The Morgan fingerprint density at radius 3 is 2.65 bits per heavy atom. The molecule has 88 valence electrons. The third kappa shape index (κ3) is 3.14. The van der Waals surface area contributed by atoms with Crippen molar-refractivity contribution >= 4 is 23.4 Å². The third-order valence-electron chi connectivity index (χ3n) is 2.26. The van der Waals surface area contributed by atoms with Gasteiger partial charge in [0.2, 0.25) is 0 Å². The highest BCUT2D eigenvalue weighted by molar-refractivity contribution is 7.98. The van der Waals surface area contributed by atoms with Crippen molar-refractivity contribution in [1.82, 2.24) is 0 Å². The lowest BCUT2D eigenvalue weighted by Gasteiger charge is -2.05. The van der Waals surface area contributed by atoms with E-state index in [2.05, 4.69) is 0 Å². The highest BCUT2D eigenvalue weighted by atomic mass is 35.5. The van der Waals surface area contributed by atoms with Crippen molar-refractivity contribution in [2.45, 2.75) is 10.6 Å². The van der Waals surface area contributed by atoms with Crippen molar-refractivity contribution in [2.24, 2.45) is 0 Å². The molecule has 2 aromatic rings. The van der Waals surface area contributed by atoms with Crippen LogP contribution in [0, 0.1) is 5.82 Å². The minimum atomic E-state index is -0.319. The number of halogens is 2. The Labute approximate surface area is 108 Å². The molecular weight excluding hydrogens is 259 g/mol. The smallest absolute Gasteiger partial charge is 0.129 e. The lowest BCUT2D eigenvalue weighted by molar-refractivity contribution is 0.462. The van der Waals surface area contributed by atoms with Crippen molar-refractivity contribution < 1.29 is 9.50 Å². The van der Waals surface area contributed by atoms with Crippen molar-refractivity contribution in [3.8, 4) is 5.75 Å². The summed E-state index contributed by atoms with van der Waals surface area (Å²) >= 11 is 7.06. The maximum absolute atomic E-state index is 13.5. The zero-order chi connectivity index (χ0) is 12.3. The van der Waals surface area contributed by atoms with Crippen molar-refractivity contribution in [3.05, 3.63) is 58.9 Å². The molecule has 0 spiro atoms. The van der Waals surface area contributed by atoms with Gasteiger partial charge in [-0.05, 0) is 29.8 Å². The van der Waals surface area contributed by atoms with Gasteiger partial charge in [0, 0.05) is 15.7 Å². The summed E-state index contributed by atoms with van der Waals surface area (Å²) in [5.41, 5.74) is 0.572. The molecule has 1 nitrogen and oxygen atoms in total. The number of para-hydroxylation sites is 1. The standard InChI is InChI=1S/C13H10ClFOS/c14-10-6-5-9(11(15)7-10)8-17-13-4-2-1-3-12(13)16/h1-7,16H,8H2. The summed E-state index contributed by atoms with van der Waals surface area (Å²) in [7, 11) is 0. The van der Waals surface area contributed by atoms with Crippen LogP contribution in [0.25, 0.3) is 0 Å². The van der Waals surface area contributed by atoms with Crippen LogP contribution in [0.1, 0.15) is 5.56 Å². The molecule has 0 aliphatic rings. The Bertz CT molecular complexity index is 531. The van der Waals surface area contributed by atoms with Gasteiger partial charge in [-0.2, -0.15) is 0 Å². The van der Waals surface area contributed by atoms with E-state index >= 15 is 0 Å². The van der Waals surface area contributed by atoms with Crippen molar-refractivity contribution in [2.75, 3.05) is 0 Å². The summed E-state index contributed by atoms with van der Waals surface area (Å²) in [5, 5.41) is 9.95. The van der Waals surface area contributed by atoms with Crippen LogP contribution >= 0.6 is 23.4 Å². The van der Waals surface area contributed by atoms with Crippen LogP contribution < -0.4 is 0 Å². The maximum atomic E-state index is 13.5. The molecule has 1 N–H and O–H groups in total. The third-order valence-corrected chi connectivity index (χ3v) is 3.61. The van der Waals surface area contributed by atoms with E-state index in [1.54, 1.807) is 30.3 Å². The predicted octanol–water partition coefficient (Wildman–Crippen LogP) is 4.48. The molecule has 0 aliphatic heterocycles. The second-order valence-electron chi connectivity index (χ2n) is 3.49. The Kier molecular flexibility index (Phi) is 3.92. The van der Waals surface area contributed by atoms with Crippen LogP contribution in [-0.4, -0.2) is 5.11 Å². The number of thioether (sulfide) groups is 1. The summed E-state index contributed by atoms with van der Waals surface area (Å²) in [6.45, 7) is 0. The molecule has 0 saturated carbocycles. The first kappa shape index (κ1) is 12.3. The van der Waals surface area contributed by atoms with Gasteiger partial charge in [0.15, 0.2) is 0 Å². The number of phenols is 1. The molecule has 0 atom stereocenters. The number of benzene rings is 2. The average Bonchev–Trinajstić information content (AvgIpc) is 2.30. The molecule has 17 heavy (non-hydrogen) atoms. The molecule has 0 bridgehead atoms. The van der Waals surface area contributed by atoms with Crippen LogP contribution in [0.3, 0.4) is 0 Å². The van der Waals surface area contributed by atoms with Gasteiger partial charge in [0.25, 0.3) is 0 Å². The van der Waals surface area contributed by atoms with Crippen molar-refractivity contribution in [1.29, 1.82) is 0 Å². The summed E-state index contributed by atoms with van der Waals surface area (Å²) in [6, 6.07) is 11.6. The molecule has 4 heteroatoms. The van der Waals surface area contributed by atoms with Crippen LogP contribution in [0.5, 0.6) is 5.75 Å². The quantitative estimate of drug-likeness (QED) is 0.829. The number of phenolic OH excluding ortho intramolecular Hbond substituents is 1. The Hall–Kier alpha value is -1.19. The fourth-order valence-corrected chi connectivity index (χ4v) is 2.47. The van der Waals surface area contributed by atoms with E-state index in [4.69, 9.17) is 11.6 Å². The number of rotatable bonds is 3. The SMILES string of the molecule is Oc1ccccc1SCc1ccc(Cl)cc1F. The fraction of sp³-hybridized carbons (Fsp3) is 0.0769. The number of hydrogen-bond donors (Lipinski definition) is 1. The Balaban J connectivity index is 2.10. The summed E-state index contributed by atoms with van der Waals surface area (Å²) in [6.07, 6.45) is 0. The average molecular weight is 269 g/mol. The molecular formula is C13H10ClFOS. The van der Waals surface area contributed by atoms with Gasteiger partial charge in [0.1, 0.15) is 11.6 Å². The van der Waals surface area contributed by atoms with E-state index in [1.807, 2.05) is 6.07 Å². The van der Waals surface area contributed by atoms with E-state index in [0.29, 0.717) is 16.3 Å². The number of aromatic hydroxyl groups is 1. The maximum Gasteiger partial charge on any atom is 0.129 e. The van der Waals surface area contributed by atoms with Gasteiger partial charge < -0.3 is 5.11 Å². The Morgan fingerprint density at radius 2 is 1.94 bits per heavy atom. The van der Waals surface area contributed by atoms with Gasteiger partial charge in [-0.1, -0.05) is 29.8 Å². The minimum Gasteiger partial charge on any atom is -0.507 e. The lowest BCUT2D eigenvalue weighted by atomic mass is 10.2. The zero-order valence-corrected chi connectivity index (χ0v) is 10.4. The molecule has 0 aliphatic carbocycles. The van der Waals surface area contributed by atoms with Gasteiger partial charge in [-0.3, -0.25) is 0 Å². The second-order valence-corrected chi connectivity index (χ2v) is 4.95. The summed E-state index contributed by atoms with van der Waals surface area (Å²) < 4.78 is 13.5. The number of hydrogen-bond acceptors (Lipinski definition) is 2. The largest absolute Gasteiger partial charge is 0.507 e. The molecule has 0 amide bonds. The van der Waals surface area contributed by atoms with E-state index in [0.717, 1.165) is 4.90 Å². The second kappa shape index (κ2) is 5.43. The highest BCUT2D eigenvalue weighted by Crippen LogP contribution is 2.31. The van der Waals surface area contributed by atoms with E-state index in [9.17, 15) is 9.50 Å². The van der Waals surface area contributed by atoms with E-state index < -0.39 is 0 Å². The van der Waals surface area contributed by atoms with Crippen LogP contribution in [0.2, 0.25) is 5.02 Å². The van der Waals surface area contributed by atoms with Crippen LogP contribution in [0.4, 0.5) is 4.39 Å². The Morgan fingerprint density at radius 1 is 1.18 bits per heavy atom. The van der Waals surface area contributed by atoms with E-state index in [1.165, 1.54) is 17.8 Å². The van der Waals surface area contributed by atoms with Gasteiger partial charge >= 0.3 is 0 Å². The molecule has 0 saturated heterocycles. The van der Waals surface area contributed by atoms with E-state index in [-0.39, 0.29) is 11.6 Å². The molecule has 0 fully saturated rings. The summed E-state index contributed by atoms with van der Waals surface area (Å²) in [5.74, 6) is 0.355. The van der Waals surface area contributed by atoms with Crippen LogP contribution in [0.15, 0.2) is 47.4 Å². The first-order chi connectivity index (χ1) is 8.16. The molecule has 0 radical (unpaired) electrons. The predicted molar refractivity (Wildman–Crippen MR) is 69.1 cm³/mol. The monoisotopic (exact) mass is 268 g/mol.